The lowest BCUT2D eigenvalue weighted by molar-refractivity contribution is 0.0193. The Morgan fingerprint density at radius 1 is 1.27 bits per heavy atom. The lowest BCUT2D eigenvalue weighted by Crippen LogP contribution is -2.54. The molecule has 2 N–H and O–H groups in total. The number of hydrogen-bond acceptors (Lipinski definition) is 4. The van der Waals surface area contributed by atoms with Crippen molar-refractivity contribution in [3.63, 3.8) is 0 Å². The molecule has 2 aromatic rings. The van der Waals surface area contributed by atoms with E-state index in [1.54, 1.807) is 12.0 Å². The Balaban J connectivity index is 2.06. The van der Waals surface area contributed by atoms with Crippen molar-refractivity contribution < 1.29 is 14.7 Å². The van der Waals surface area contributed by atoms with Crippen molar-refractivity contribution in [2.45, 2.75) is 38.4 Å². The van der Waals surface area contributed by atoms with Gasteiger partial charge in [0.2, 0.25) is 0 Å². The fourth-order valence-electron chi connectivity index (χ4n) is 4.02. The number of carbonyl (C=O) groups is 1. The van der Waals surface area contributed by atoms with Crippen LogP contribution in [0.2, 0.25) is 0 Å². The van der Waals surface area contributed by atoms with Crippen LogP contribution in [0.25, 0.3) is 10.8 Å². The molecule has 26 heavy (non-hydrogen) atoms. The number of urea groups is 1. The maximum atomic E-state index is 12.5. The van der Waals surface area contributed by atoms with Crippen molar-refractivity contribution in [2.75, 3.05) is 20.7 Å². The van der Waals surface area contributed by atoms with Gasteiger partial charge in [0.1, 0.15) is 5.75 Å². The molecule has 1 aliphatic heterocycles. The largest absolute Gasteiger partial charge is 0.496 e. The van der Waals surface area contributed by atoms with Gasteiger partial charge in [0.15, 0.2) is 0 Å². The number of fused-ring (bicyclic) bond motifs is 1. The molecule has 2 amide bonds. The molecule has 0 aromatic heterocycles. The molecular weight excluding hydrogens is 330 g/mol. The Bertz CT molecular complexity index is 780. The summed E-state index contributed by atoms with van der Waals surface area (Å²) < 4.78 is 5.48. The quantitative estimate of drug-likeness (QED) is 0.646. The molecule has 1 saturated heterocycles. The third-order valence-electron chi connectivity index (χ3n) is 5.39. The zero-order valence-corrected chi connectivity index (χ0v) is 15.6. The zero-order valence-electron chi connectivity index (χ0n) is 15.6. The summed E-state index contributed by atoms with van der Waals surface area (Å²) in [5.41, 5.74) is 2.87. The first-order valence-electron chi connectivity index (χ1n) is 9.06. The van der Waals surface area contributed by atoms with Gasteiger partial charge in [0.25, 0.3) is 0 Å². The highest BCUT2D eigenvalue weighted by molar-refractivity contribution is 5.91. The average Bonchev–Trinajstić information content (AvgIpc) is 2.68. The first kappa shape index (κ1) is 18.5. The Morgan fingerprint density at radius 2 is 2.00 bits per heavy atom. The highest BCUT2D eigenvalue weighted by atomic mass is 16.5. The fourth-order valence-corrected chi connectivity index (χ4v) is 4.02. The molecule has 0 saturated carbocycles. The van der Waals surface area contributed by atoms with E-state index in [-0.39, 0.29) is 12.2 Å². The van der Waals surface area contributed by atoms with Gasteiger partial charge in [-0.15, -0.1) is 0 Å². The number of amides is 2. The van der Waals surface area contributed by atoms with Crippen molar-refractivity contribution in [1.29, 1.82) is 0 Å². The topological polar surface area (TPSA) is 65.0 Å². The molecule has 3 rings (SSSR count). The van der Waals surface area contributed by atoms with Crippen LogP contribution in [0.3, 0.4) is 0 Å². The van der Waals surface area contributed by atoms with Gasteiger partial charge in [-0.05, 0) is 56.8 Å². The highest BCUT2D eigenvalue weighted by Crippen LogP contribution is 2.35. The number of piperidine rings is 1. The van der Waals surface area contributed by atoms with E-state index in [9.17, 15) is 10.0 Å². The molecule has 6 heteroatoms. The van der Waals surface area contributed by atoms with Crippen molar-refractivity contribution in [2.24, 2.45) is 0 Å². The molecule has 2 atom stereocenters. The van der Waals surface area contributed by atoms with E-state index < -0.39 is 6.03 Å². The number of nitrogens with zero attached hydrogens (tertiary/aromatic N) is 2. The zero-order chi connectivity index (χ0) is 18.7. The Morgan fingerprint density at radius 3 is 2.65 bits per heavy atom. The minimum atomic E-state index is -0.476. The van der Waals surface area contributed by atoms with Gasteiger partial charge in [0, 0.05) is 5.39 Å². The van der Waals surface area contributed by atoms with Gasteiger partial charge in [-0.3, -0.25) is 10.1 Å². The summed E-state index contributed by atoms with van der Waals surface area (Å²) in [6.45, 7) is 2.95. The number of carbonyl (C=O) groups excluding carboxylic acids is 1. The van der Waals surface area contributed by atoms with Crippen LogP contribution >= 0.6 is 0 Å². The van der Waals surface area contributed by atoms with Gasteiger partial charge in [-0.1, -0.05) is 30.3 Å². The summed E-state index contributed by atoms with van der Waals surface area (Å²) in [7, 11) is 3.69. The summed E-state index contributed by atoms with van der Waals surface area (Å²) in [6, 6.07) is 11.3. The fraction of sp³-hybridized carbons (Fsp3) is 0.450. The molecule has 1 unspecified atom stereocenters. The summed E-state index contributed by atoms with van der Waals surface area (Å²) in [6.07, 6.45) is 3.04. The number of ether oxygens (including phenoxy) is 1. The van der Waals surface area contributed by atoms with Crippen LogP contribution in [0.1, 0.15) is 37.8 Å². The van der Waals surface area contributed by atoms with Gasteiger partial charge in [-0.2, -0.15) is 0 Å². The number of rotatable bonds is 4. The van der Waals surface area contributed by atoms with Crippen LogP contribution in [-0.4, -0.2) is 47.9 Å². The van der Waals surface area contributed by atoms with E-state index >= 15 is 0 Å². The Labute approximate surface area is 154 Å². The minimum Gasteiger partial charge on any atom is -0.496 e. The predicted octanol–water partition coefficient (Wildman–Crippen LogP) is 3.75. The van der Waals surface area contributed by atoms with Gasteiger partial charge < -0.3 is 9.64 Å². The third-order valence-corrected chi connectivity index (χ3v) is 5.39. The Kier molecular flexibility index (Phi) is 5.64. The maximum absolute atomic E-state index is 12.5. The molecular formula is C20H27N3O3. The molecule has 1 heterocycles. The number of benzene rings is 2. The standard InChI is InChI=1S/C20H27N3O3/c1-14(23(20(24)21-25)19-10-6-7-13-22(19)2)15-11-12-18(26-3)17-9-5-4-8-16(15)17/h4-5,8-9,11-12,14,19,25H,6-7,10,13H2,1-3H3,(H,21,24)/t14?,19-/m1/s1. The summed E-state index contributed by atoms with van der Waals surface area (Å²) >= 11 is 0. The van der Waals surface area contributed by atoms with Crippen LogP contribution < -0.4 is 10.2 Å². The van der Waals surface area contributed by atoms with Crippen molar-refractivity contribution in [1.82, 2.24) is 15.3 Å². The van der Waals surface area contributed by atoms with Crippen molar-refractivity contribution in [3.05, 3.63) is 42.0 Å². The number of hydrogen-bond donors (Lipinski definition) is 2. The Hall–Kier alpha value is -2.31. The second-order valence-corrected chi connectivity index (χ2v) is 6.86. The third kappa shape index (κ3) is 3.34. The van der Waals surface area contributed by atoms with Crippen LogP contribution in [0.15, 0.2) is 36.4 Å². The second kappa shape index (κ2) is 7.93. The van der Waals surface area contributed by atoms with Crippen LogP contribution in [0, 0.1) is 0 Å². The van der Waals surface area contributed by atoms with E-state index in [1.807, 2.05) is 55.8 Å². The van der Waals surface area contributed by atoms with E-state index in [0.717, 1.165) is 47.9 Å². The van der Waals surface area contributed by atoms with Crippen molar-refractivity contribution in [3.8, 4) is 5.75 Å². The predicted molar refractivity (Wildman–Crippen MR) is 101 cm³/mol. The molecule has 140 valence electrons. The maximum Gasteiger partial charge on any atom is 0.342 e. The number of hydroxylamine groups is 1. The molecule has 6 nitrogen and oxygen atoms in total. The lowest BCUT2D eigenvalue weighted by Gasteiger charge is -2.43. The van der Waals surface area contributed by atoms with Gasteiger partial charge in [0.05, 0.1) is 19.3 Å². The SMILES string of the molecule is COc1ccc(C(C)N(C(=O)NO)[C@@H]2CCCCN2C)c2ccccc12. The van der Waals surface area contributed by atoms with Gasteiger partial charge in [-0.25, -0.2) is 10.3 Å². The molecule has 0 radical (unpaired) electrons. The first-order chi connectivity index (χ1) is 12.6. The normalized spacial score (nSPS) is 19.2. The number of nitrogens with one attached hydrogen (secondary N) is 1. The summed E-state index contributed by atoms with van der Waals surface area (Å²) in [5, 5.41) is 11.4. The van der Waals surface area contributed by atoms with E-state index in [4.69, 9.17) is 4.74 Å². The summed E-state index contributed by atoms with van der Waals surface area (Å²) in [4.78, 5) is 16.5. The lowest BCUT2D eigenvalue weighted by atomic mass is 9.96. The molecule has 0 bridgehead atoms. The van der Waals surface area contributed by atoms with Crippen molar-refractivity contribution >= 4 is 16.8 Å². The van der Waals surface area contributed by atoms with E-state index in [1.165, 1.54) is 0 Å². The van der Waals surface area contributed by atoms with Crippen LogP contribution in [-0.2, 0) is 0 Å². The molecule has 2 aromatic carbocycles. The summed E-state index contributed by atoms with van der Waals surface area (Å²) in [5.74, 6) is 0.810. The number of methoxy groups -OCH3 is 1. The monoisotopic (exact) mass is 357 g/mol. The minimum absolute atomic E-state index is 0.0493. The van der Waals surface area contributed by atoms with E-state index in [0.29, 0.717) is 0 Å². The molecule has 1 fully saturated rings. The highest BCUT2D eigenvalue weighted by Gasteiger charge is 2.33. The van der Waals surface area contributed by atoms with E-state index in [2.05, 4.69) is 4.90 Å². The molecule has 1 aliphatic rings. The first-order valence-corrected chi connectivity index (χ1v) is 9.06. The average molecular weight is 357 g/mol. The van der Waals surface area contributed by atoms with Gasteiger partial charge >= 0.3 is 6.03 Å². The number of likely N-dealkylation sites (tertiary alicyclic amines) is 1. The van der Waals surface area contributed by atoms with Crippen LogP contribution in [0.4, 0.5) is 4.79 Å². The second-order valence-electron chi connectivity index (χ2n) is 6.86. The van der Waals surface area contributed by atoms with Crippen LogP contribution in [0.5, 0.6) is 5.75 Å². The molecule has 0 spiro atoms. The smallest absolute Gasteiger partial charge is 0.342 e. The molecule has 0 aliphatic carbocycles.